The summed E-state index contributed by atoms with van der Waals surface area (Å²) in [6.45, 7) is 0.633. The summed E-state index contributed by atoms with van der Waals surface area (Å²) in [5.74, 6) is -2.05. The third-order valence-corrected chi connectivity index (χ3v) is 2.64. The molecule has 0 spiro atoms. The van der Waals surface area contributed by atoms with E-state index in [0.29, 0.717) is 10.7 Å². The van der Waals surface area contributed by atoms with Gasteiger partial charge in [-0.25, -0.2) is 4.79 Å². The summed E-state index contributed by atoms with van der Waals surface area (Å²) < 4.78 is 0. The molecular formula is C12H14ClN3O4. The van der Waals surface area contributed by atoms with Gasteiger partial charge < -0.3 is 21.1 Å². The fourth-order valence-corrected chi connectivity index (χ4v) is 1.65. The van der Waals surface area contributed by atoms with Crippen LogP contribution in [0.25, 0.3) is 0 Å². The van der Waals surface area contributed by atoms with E-state index in [-0.39, 0.29) is 0 Å². The number of rotatable bonds is 5. The molecule has 0 saturated carbocycles. The Morgan fingerprint density at radius 2 is 2.00 bits per heavy atom. The molecule has 1 aromatic carbocycles. The Morgan fingerprint density at radius 1 is 1.35 bits per heavy atom. The molecule has 3 amide bonds. The van der Waals surface area contributed by atoms with E-state index in [4.69, 9.17) is 22.4 Å². The van der Waals surface area contributed by atoms with E-state index in [1.54, 1.807) is 19.1 Å². The number of amides is 3. The number of urea groups is 1. The average molecular weight is 300 g/mol. The highest BCUT2D eigenvalue weighted by Crippen LogP contribution is 2.20. The molecule has 1 aromatic rings. The summed E-state index contributed by atoms with van der Waals surface area (Å²) in [4.78, 5) is 34.3. The summed E-state index contributed by atoms with van der Waals surface area (Å²) >= 11 is 5.82. The van der Waals surface area contributed by atoms with Crippen LogP contribution in [0.4, 0.5) is 10.5 Å². The molecule has 0 heterocycles. The lowest BCUT2D eigenvalue weighted by Crippen LogP contribution is -2.43. The molecule has 8 heteroatoms. The van der Waals surface area contributed by atoms with Crippen LogP contribution in [-0.2, 0) is 9.59 Å². The maximum atomic E-state index is 11.9. The molecule has 0 aliphatic carbocycles. The molecule has 4 N–H and O–H groups in total. The smallest absolute Gasteiger partial charge is 0.323 e. The van der Waals surface area contributed by atoms with Crippen LogP contribution in [0.2, 0.25) is 5.02 Å². The van der Waals surface area contributed by atoms with Gasteiger partial charge in [-0.1, -0.05) is 17.7 Å². The third-order valence-electron chi connectivity index (χ3n) is 2.40. The Labute approximate surface area is 120 Å². The maximum Gasteiger partial charge on any atom is 0.323 e. The molecular weight excluding hydrogens is 286 g/mol. The van der Waals surface area contributed by atoms with Crippen LogP contribution in [0.5, 0.6) is 0 Å². The quantitative estimate of drug-likeness (QED) is 0.754. The summed E-state index contributed by atoms with van der Waals surface area (Å²) in [7, 11) is 0. The molecule has 0 fully saturated rings. The van der Waals surface area contributed by atoms with E-state index < -0.39 is 31.0 Å². The highest BCUT2D eigenvalue weighted by molar-refractivity contribution is 6.31. The minimum atomic E-state index is -1.25. The van der Waals surface area contributed by atoms with Crippen LogP contribution in [0.1, 0.15) is 5.56 Å². The number of hydrogen-bond donors (Lipinski definition) is 3. The van der Waals surface area contributed by atoms with Crippen molar-refractivity contribution in [2.24, 2.45) is 5.73 Å². The van der Waals surface area contributed by atoms with E-state index in [1.807, 2.05) is 0 Å². The minimum absolute atomic E-state index is 0.422. The number of carbonyl (C=O) groups excluding carboxylic acids is 2. The minimum Gasteiger partial charge on any atom is -0.480 e. The summed E-state index contributed by atoms with van der Waals surface area (Å²) in [6.07, 6.45) is 0. The van der Waals surface area contributed by atoms with Crippen LogP contribution in [0.15, 0.2) is 18.2 Å². The fourth-order valence-electron chi connectivity index (χ4n) is 1.47. The van der Waals surface area contributed by atoms with Crippen molar-refractivity contribution >= 4 is 35.2 Å². The van der Waals surface area contributed by atoms with E-state index in [1.165, 1.54) is 6.07 Å². The van der Waals surface area contributed by atoms with Crippen molar-refractivity contribution in [3.05, 3.63) is 28.8 Å². The summed E-state index contributed by atoms with van der Waals surface area (Å²) in [5.41, 5.74) is 6.16. The number of nitrogens with zero attached hydrogens (tertiary/aromatic N) is 1. The van der Waals surface area contributed by atoms with Gasteiger partial charge in [-0.3, -0.25) is 9.59 Å². The van der Waals surface area contributed by atoms with Crippen LogP contribution >= 0.6 is 11.6 Å². The lowest BCUT2D eigenvalue weighted by atomic mass is 10.2. The number of nitrogens with one attached hydrogen (secondary N) is 1. The van der Waals surface area contributed by atoms with Crippen LogP contribution in [-0.4, -0.2) is 41.0 Å². The predicted octanol–water partition coefficient (Wildman–Crippen LogP) is 1.05. The average Bonchev–Trinajstić information content (AvgIpc) is 2.31. The lowest BCUT2D eigenvalue weighted by Gasteiger charge is -2.20. The number of primary amides is 1. The topological polar surface area (TPSA) is 113 Å². The van der Waals surface area contributed by atoms with Gasteiger partial charge in [-0.15, -0.1) is 0 Å². The first-order valence-electron chi connectivity index (χ1n) is 5.61. The molecule has 0 unspecified atom stereocenters. The van der Waals surface area contributed by atoms with Crippen LogP contribution in [0, 0.1) is 6.92 Å². The molecule has 0 atom stereocenters. The van der Waals surface area contributed by atoms with E-state index >= 15 is 0 Å². The number of halogens is 1. The van der Waals surface area contributed by atoms with Gasteiger partial charge in [-0.05, 0) is 24.6 Å². The number of nitrogens with two attached hydrogens (primary N) is 1. The Balaban J connectivity index is 2.86. The van der Waals surface area contributed by atoms with Gasteiger partial charge in [0.15, 0.2) is 0 Å². The first-order valence-corrected chi connectivity index (χ1v) is 5.99. The summed E-state index contributed by atoms with van der Waals surface area (Å²) in [6, 6.07) is 4.15. The number of anilines is 1. The molecule has 7 nitrogen and oxygen atoms in total. The van der Waals surface area contributed by atoms with Gasteiger partial charge in [0.25, 0.3) is 0 Å². The third kappa shape index (κ3) is 4.77. The maximum absolute atomic E-state index is 11.9. The summed E-state index contributed by atoms with van der Waals surface area (Å²) in [5, 5.41) is 11.6. The lowest BCUT2D eigenvalue weighted by molar-refractivity contribution is -0.137. The van der Waals surface area contributed by atoms with Gasteiger partial charge in [-0.2, -0.15) is 0 Å². The second-order valence-corrected chi connectivity index (χ2v) is 4.54. The molecule has 20 heavy (non-hydrogen) atoms. The Bertz CT molecular complexity index is 532. The van der Waals surface area contributed by atoms with Gasteiger partial charge in [0.2, 0.25) is 5.91 Å². The van der Waals surface area contributed by atoms with Crippen LogP contribution in [0.3, 0.4) is 0 Å². The largest absolute Gasteiger partial charge is 0.480 e. The second kappa shape index (κ2) is 6.76. The molecule has 0 aliphatic rings. The number of carbonyl (C=O) groups is 3. The molecule has 1 rings (SSSR count). The number of carboxylic acids is 1. The first kappa shape index (κ1) is 15.8. The second-order valence-electron chi connectivity index (χ2n) is 4.11. The SMILES string of the molecule is Cc1ccc(Cl)cc1NC(=O)N(CC(N)=O)CC(=O)O. The van der Waals surface area contributed by atoms with E-state index in [9.17, 15) is 14.4 Å². The standard InChI is InChI=1S/C12H14ClN3O4/c1-7-2-3-8(13)4-9(7)15-12(20)16(5-10(14)17)6-11(18)19/h2-4H,5-6H2,1H3,(H2,14,17)(H,15,20)(H,18,19). The molecule has 0 aliphatic heterocycles. The van der Waals surface area contributed by atoms with Crippen molar-refractivity contribution < 1.29 is 19.5 Å². The molecule has 0 aromatic heterocycles. The van der Waals surface area contributed by atoms with Gasteiger partial charge in [0.1, 0.15) is 13.1 Å². The number of hydrogen-bond acceptors (Lipinski definition) is 3. The number of aliphatic carboxylic acids is 1. The monoisotopic (exact) mass is 299 g/mol. The Morgan fingerprint density at radius 3 is 2.55 bits per heavy atom. The van der Waals surface area contributed by atoms with Crippen molar-refractivity contribution in [3.8, 4) is 0 Å². The highest BCUT2D eigenvalue weighted by Gasteiger charge is 2.19. The van der Waals surface area contributed by atoms with Crippen molar-refractivity contribution in [1.82, 2.24) is 4.90 Å². The first-order chi connectivity index (χ1) is 9.29. The van der Waals surface area contributed by atoms with Gasteiger partial charge in [0, 0.05) is 10.7 Å². The van der Waals surface area contributed by atoms with Crippen molar-refractivity contribution in [3.63, 3.8) is 0 Å². The van der Waals surface area contributed by atoms with Crippen molar-refractivity contribution in [2.45, 2.75) is 6.92 Å². The normalized spacial score (nSPS) is 9.90. The van der Waals surface area contributed by atoms with Crippen molar-refractivity contribution in [1.29, 1.82) is 0 Å². The molecule has 0 bridgehead atoms. The van der Waals surface area contributed by atoms with Gasteiger partial charge in [0.05, 0.1) is 0 Å². The van der Waals surface area contributed by atoms with Gasteiger partial charge >= 0.3 is 12.0 Å². The number of carboxylic acid groups (broad SMARTS) is 1. The Kier molecular flexibility index (Phi) is 5.33. The zero-order valence-corrected chi connectivity index (χ0v) is 11.5. The number of aryl methyl sites for hydroxylation is 1. The number of benzene rings is 1. The molecule has 0 radical (unpaired) electrons. The van der Waals surface area contributed by atoms with E-state index in [2.05, 4.69) is 5.32 Å². The Hall–Kier alpha value is -2.28. The highest BCUT2D eigenvalue weighted by atomic mass is 35.5. The molecule has 0 saturated heterocycles. The molecule has 108 valence electrons. The fraction of sp³-hybridized carbons (Fsp3) is 0.250. The predicted molar refractivity (Wildman–Crippen MR) is 73.6 cm³/mol. The van der Waals surface area contributed by atoms with E-state index in [0.717, 1.165) is 10.5 Å². The van der Waals surface area contributed by atoms with Crippen molar-refractivity contribution in [2.75, 3.05) is 18.4 Å². The zero-order chi connectivity index (χ0) is 15.3. The van der Waals surface area contributed by atoms with Crippen LogP contribution < -0.4 is 11.1 Å². The zero-order valence-electron chi connectivity index (χ0n) is 10.7.